The first-order chi connectivity index (χ1) is 9.63. The number of thiophene rings is 1. The maximum absolute atomic E-state index is 12.2. The lowest BCUT2D eigenvalue weighted by Crippen LogP contribution is -1.99. The quantitative estimate of drug-likeness (QED) is 0.590. The van der Waals surface area contributed by atoms with E-state index in [1.54, 1.807) is 49.8 Å². The Kier molecular flexibility index (Phi) is 4.98. The maximum Gasteiger partial charge on any atom is 0.189 e. The van der Waals surface area contributed by atoms with E-state index < -0.39 is 0 Å². The fourth-order valence-electron chi connectivity index (χ4n) is 1.67. The Balaban J connectivity index is 2.26. The van der Waals surface area contributed by atoms with Crippen LogP contribution in [0.3, 0.4) is 0 Å². The van der Waals surface area contributed by atoms with Crippen molar-refractivity contribution in [2.24, 2.45) is 0 Å². The van der Waals surface area contributed by atoms with Gasteiger partial charge in [-0.2, -0.15) is 0 Å². The molecule has 0 saturated carbocycles. The number of ether oxygens (including phenoxy) is 2. The second kappa shape index (κ2) is 6.72. The van der Waals surface area contributed by atoms with E-state index in [1.165, 1.54) is 6.08 Å². The fraction of sp³-hybridized carbons (Fsp3) is 0.133. The number of benzene rings is 1. The fourth-order valence-corrected chi connectivity index (χ4v) is 3.01. The molecule has 0 aliphatic heterocycles. The molecule has 0 aliphatic carbocycles. The highest BCUT2D eigenvalue weighted by molar-refractivity contribution is 9.10. The minimum Gasteiger partial charge on any atom is -0.497 e. The van der Waals surface area contributed by atoms with Crippen molar-refractivity contribution in [3.63, 3.8) is 0 Å². The van der Waals surface area contributed by atoms with Crippen LogP contribution in [0.2, 0.25) is 0 Å². The van der Waals surface area contributed by atoms with E-state index >= 15 is 0 Å². The molecule has 0 atom stereocenters. The van der Waals surface area contributed by atoms with Crippen molar-refractivity contribution in [2.45, 2.75) is 0 Å². The third kappa shape index (κ3) is 3.49. The predicted molar refractivity (Wildman–Crippen MR) is 84.9 cm³/mol. The molecule has 20 heavy (non-hydrogen) atoms. The Hall–Kier alpha value is -1.59. The Morgan fingerprint density at radius 3 is 2.65 bits per heavy atom. The van der Waals surface area contributed by atoms with Gasteiger partial charge in [0, 0.05) is 14.7 Å². The first-order valence-electron chi connectivity index (χ1n) is 5.82. The van der Waals surface area contributed by atoms with E-state index in [2.05, 4.69) is 15.9 Å². The molecule has 2 aromatic rings. The summed E-state index contributed by atoms with van der Waals surface area (Å²) in [6.07, 6.45) is 3.33. The van der Waals surface area contributed by atoms with Crippen LogP contribution in [-0.2, 0) is 0 Å². The number of ketones is 1. The number of methoxy groups -OCH3 is 2. The Bertz CT molecular complexity index is 646. The smallest absolute Gasteiger partial charge is 0.189 e. The molecule has 104 valence electrons. The van der Waals surface area contributed by atoms with E-state index in [1.807, 2.05) is 11.4 Å². The van der Waals surface area contributed by atoms with Gasteiger partial charge in [0.2, 0.25) is 0 Å². The monoisotopic (exact) mass is 352 g/mol. The number of hydrogen-bond acceptors (Lipinski definition) is 4. The molecular weight excluding hydrogens is 340 g/mol. The highest BCUT2D eigenvalue weighted by Gasteiger charge is 2.11. The maximum atomic E-state index is 12.2. The normalized spacial score (nSPS) is 10.8. The summed E-state index contributed by atoms with van der Waals surface area (Å²) in [5, 5.41) is 1.97. The lowest BCUT2D eigenvalue weighted by atomic mass is 10.1. The number of carbonyl (C=O) groups excluding carboxylic acids is 1. The zero-order valence-electron chi connectivity index (χ0n) is 11.1. The number of hydrogen-bond donors (Lipinski definition) is 0. The molecule has 0 amide bonds. The highest BCUT2D eigenvalue weighted by Crippen LogP contribution is 2.25. The molecule has 0 spiro atoms. The van der Waals surface area contributed by atoms with Crippen molar-refractivity contribution in [3.05, 3.63) is 50.6 Å². The molecule has 0 radical (unpaired) electrons. The second-order valence-corrected chi connectivity index (χ2v) is 5.79. The van der Waals surface area contributed by atoms with Crippen LogP contribution in [0.25, 0.3) is 6.08 Å². The van der Waals surface area contributed by atoms with Gasteiger partial charge < -0.3 is 9.47 Å². The zero-order chi connectivity index (χ0) is 14.5. The number of halogens is 1. The molecule has 1 aromatic carbocycles. The van der Waals surface area contributed by atoms with Crippen molar-refractivity contribution in [1.29, 1.82) is 0 Å². The molecule has 5 heteroatoms. The van der Waals surface area contributed by atoms with Gasteiger partial charge in [0.25, 0.3) is 0 Å². The lowest BCUT2D eigenvalue weighted by Gasteiger charge is -2.07. The molecule has 0 bridgehead atoms. The van der Waals surface area contributed by atoms with E-state index in [0.29, 0.717) is 17.1 Å². The van der Waals surface area contributed by atoms with Gasteiger partial charge in [-0.25, -0.2) is 0 Å². The number of carbonyl (C=O) groups is 1. The summed E-state index contributed by atoms with van der Waals surface area (Å²) >= 11 is 4.94. The summed E-state index contributed by atoms with van der Waals surface area (Å²) in [5.74, 6) is 1.04. The van der Waals surface area contributed by atoms with Crippen molar-refractivity contribution in [1.82, 2.24) is 0 Å². The van der Waals surface area contributed by atoms with Crippen LogP contribution in [0.4, 0.5) is 0 Å². The van der Waals surface area contributed by atoms with E-state index in [-0.39, 0.29) is 5.78 Å². The van der Waals surface area contributed by atoms with Crippen LogP contribution in [-0.4, -0.2) is 20.0 Å². The van der Waals surface area contributed by atoms with Gasteiger partial charge in [0.15, 0.2) is 5.78 Å². The Labute approximate surface area is 130 Å². The first-order valence-corrected chi connectivity index (χ1v) is 7.50. The van der Waals surface area contributed by atoms with Gasteiger partial charge in [-0.1, -0.05) is 0 Å². The van der Waals surface area contributed by atoms with Crippen LogP contribution >= 0.6 is 27.3 Å². The molecule has 0 unspecified atom stereocenters. The minimum absolute atomic E-state index is 0.120. The Morgan fingerprint density at radius 1 is 1.25 bits per heavy atom. The summed E-state index contributed by atoms with van der Waals surface area (Å²) in [5.41, 5.74) is 0.485. The number of allylic oxidation sites excluding steroid dienone is 1. The summed E-state index contributed by atoms with van der Waals surface area (Å²) in [4.78, 5) is 13.2. The molecule has 1 aromatic heterocycles. The molecular formula is C15H13BrO3S. The van der Waals surface area contributed by atoms with Gasteiger partial charge in [0.1, 0.15) is 11.5 Å². The van der Waals surface area contributed by atoms with Crippen molar-refractivity contribution in [3.8, 4) is 11.5 Å². The van der Waals surface area contributed by atoms with Crippen LogP contribution in [0.15, 0.2) is 40.2 Å². The molecule has 3 nitrogen and oxygen atoms in total. The average Bonchev–Trinajstić information content (AvgIpc) is 2.89. The third-order valence-electron chi connectivity index (χ3n) is 2.66. The van der Waals surface area contributed by atoms with Gasteiger partial charge in [-0.15, -0.1) is 11.3 Å². The van der Waals surface area contributed by atoms with E-state index in [9.17, 15) is 4.79 Å². The second-order valence-electron chi connectivity index (χ2n) is 3.93. The van der Waals surface area contributed by atoms with Gasteiger partial charge in [0.05, 0.1) is 19.8 Å². The molecule has 0 N–H and O–H groups in total. The molecule has 2 rings (SSSR count). The van der Waals surface area contributed by atoms with Crippen molar-refractivity contribution < 1.29 is 14.3 Å². The molecule has 0 fully saturated rings. The number of rotatable bonds is 5. The van der Waals surface area contributed by atoms with Crippen LogP contribution in [0.5, 0.6) is 11.5 Å². The lowest BCUT2D eigenvalue weighted by molar-refractivity contribution is 0.104. The van der Waals surface area contributed by atoms with Crippen molar-refractivity contribution >= 4 is 39.1 Å². The molecule has 1 heterocycles. The van der Waals surface area contributed by atoms with Crippen LogP contribution in [0.1, 0.15) is 15.2 Å². The topological polar surface area (TPSA) is 35.5 Å². The summed E-state index contributed by atoms with van der Waals surface area (Å²) in [7, 11) is 3.10. The predicted octanol–water partition coefficient (Wildman–Crippen LogP) is 4.42. The van der Waals surface area contributed by atoms with Crippen LogP contribution < -0.4 is 9.47 Å². The van der Waals surface area contributed by atoms with E-state index in [4.69, 9.17) is 9.47 Å². The minimum atomic E-state index is -0.120. The van der Waals surface area contributed by atoms with Crippen molar-refractivity contribution in [2.75, 3.05) is 14.2 Å². The van der Waals surface area contributed by atoms with Gasteiger partial charge >= 0.3 is 0 Å². The average molecular weight is 353 g/mol. The summed E-state index contributed by atoms with van der Waals surface area (Å²) < 4.78 is 11.3. The van der Waals surface area contributed by atoms with E-state index in [0.717, 1.165) is 9.35 Å². The molecule has 0 saturated heterocycles. The SMILES string of the molecule is COc1ccc(OC)c(C(=O)C=Cc2cc(Br)cs2)c1. The highest BCUT2D eigenvalue weighted by atomic mass is 79.9. The van der Waals surface area contributed by atoms with Gasteiger partial charge in [-0.05, 0) is 52.3 Å². The largest absolute Gasteiger partial charge is 0.497 e. The standard InChI is InChI=1S/C15H13BrO3S/c1-18-11-3-6-15(19-2)13(8-11)14(17)5-4-12-7-10(16)9-20-12/h3-9H,1-2H3. The summed E-state index contributed by atoms with van der Waals surface area (Å²) in [6.45, 7) is 0. The zero-order valence-corrected chi connectivity index (χ0v) is 13.5. The van der Waals surface area contributed by atoms with Gasteiger partial charge in [-0.3, -0.25) is 4.79 Å². The molecule has 0 aliphatic rings. The third-order valence-corrected chi connectivity index (χ3v) is 4.32. The van der Waals surface area contributed by atoms with Crippen LogP contribution in [0, 0.1) is 0 Å². The summed E-state index contributed by atoms with van der Waals surface area (Å²) in [6, 6.07) is 7.12. The first kappa shape index (κ1) is 14.8. The Morgan fingerprint density at radius 2 is 2.05 bits per heavy atom.